The molecule has 4 rings (SSSR count). The standard InChI is InChI=1S/C20H22ClN4O2/c1-3-18-16(12-21)22-20-19(24-7-9-27-10-8-24)23-17(13-25(18)20)14-5-4-6-15(11-14)26-2/h4-6,11,13H,1,3,7-10,12H2,2H3. The van der Waals surface area contributed by atoms with Crippen molar-refractivity contribution in [2.45, 2.75) is 12.3 Å². The number of fused-ring (bicyclic) bond motifs is 1. The van der Waals surface area contributed by atoms with Gasteiger partial charge in [-0.2, -0.15) is 0 Å². The van der Waals surface area contributed by atoms with Crippen LogP contribution in [-0.2, 0) is 17.0 Å². The third-order valence-electron chi connectivity index (χ3n) is 4.81. The van der Waals surface area contributed by atoms with Crippen molar-refractivity contribution in [2.24, 2.45) is 0 Å². The Hall–Kier alpha value is -2.31. The minimum atomic E-state index is 0.351. The zero-order valence-corrected chi connectivity index (χ0v) is 16.1. The number of hydrogen-bond donors (Lipinski definition) is 0. The number of nitrogens with zero attached hydrogens (tertiary/aromatic N) is 4. The van der Waals surface area contributed by atoms with Crippen molar-refractivity contribution < 1.29 is 9.47 Å². The van der Waals surface area contributed by atoms with Crippen LogP contribution < -0.4 is 9.64 Å². The van der Waals surface area contributed by atoms with E-state index in [0.717, 1.165) is 52.9 Å². The molecule has 3 aromatic rings. The van der Waals surface area contributed by atoms with Crippen LogP contribution in [0.5, 0.6) is 5.75 Å². The molecule has 1 aliphatic rings. The third-order valence-corrected chi connectivity index (χ3v) is 5.06. The van der Waals surface area contributed by atoms with Crippen LogP contribution in [0.1, 0.15) is 11.4 Å². The Morgan fingerprint density at radius 3 is 2.78 bits per heavy atom. The van der Waals surface area contributed by atoms with Gasteiger partial charge < -0.3 is 14.4 Å². The lowest BCUT2D eigenvalue weighted by Crippen LogP contribution is -2.37. The van der Waals surface area contributed by atoms with E-state index in [-0.39, 0.29) is 0 Å². The molecular formula is C20H22ClN4O2. The molecule has 0 saturated carbocycles. The van der Waals surface area contributed by atoms with Crippen LogP contribution in [0.15, 0.2) is 30.5 Å². The molecule has 1 fully saturated rings. The fraction of sp³-hybridized carbons (Fsp3) is 0.350. The molecule has 1 aliphatic heterocycles. The van der Waals surface area contributed by atoms with Gasteiger partial charge in [0.1, 0.15) is 5.75 Å². The first kappa shape index (κ1) is 18.1. The summed E-state index contributed by atoms with van der Waals surface area (Å²) in [5, 5.41) is 0. The minimum Gasteiger partial charge on any atom is -0.497 e. The molecular weight excluding hydrogens is 364 g/mol. The smallest absolute Gasteiger partial charge is 0.180 e. The van der Waals surface area contributed by atoms with Crippen molar-refractivity contribution >= 4 is 23.1 Å². The third kappa shape index (κ3) is 3.35. The zero-order chi connectivity index (χ0) is 18.8. The van der Waals surface area contributed by atoms with Crippen LogP contribution >= 0.6 is 11.6 Å². The molecule has 3 heterocycles. The van der Waals surface area contributed by atoms with E-state index >= 15 is 0 Å². The summed E-state index contributed by atoms with van der Waals surface area (Å²) >= 11 is 6.14. The highest BCUT2D eigenvalue weighted by Crippen LogP contribution is 2.29. The lowest BCUT2D eigenvalue weighted by molar-refractivity contribution is 0.122. The van der Waals surface area contributed by atoms with Crippen LogP contribution in [0.3, 0.4) is 0 Å². The lowest BCUT2D eigenvalue weighted by Gasteiger charge is -2.28. The van der Waals surface area contributed by atoms with E-state index in [2.05, 4.69) is 16.2 Å². The summed E-state index contributed by atoms with van der Waals surface area (Å²) in [4.78, 5) is 12.0. The number of morpholine rings is 1. The van der Waals surface area contributed by atoms with Gasteiger partial charge in [-0.05, 0) is 25.5 Å². The van der Waals surface area contributed by atoms with Gasteiger partial charge in [0.15, 0.2) is 11.5 Å². The average molecular weight is 386 g/mol. The number of anilines is 1. The van der Waals surface area contributed by atoms with Gasteiger partial charge in [-0.15, -0.1) is 11.6 Å². The number of alkyl halides is 1. The molecule has 0 bridgehead atoms. The number of ether oxygens (including phenoxy) is 2. The Kier molecular flexibility index (Phi) is 5.18. The summed E-state index contributed by atoms with van der Waals surface area (Å²) in [5.74, 6) is 2.00. The Balaban J connectivity index is 1.93. The highest BCUT2D eigenvalue weighted by molar-refractivity contribution is 6.17. The molecule has 0 amide bonds. The number of aromatic nitrogens is 3. The molecule has 2 aromatic heterocycles. The lowest BCUT2D eigenvalue weighted by atomic mass is 10.1. The van der Waals surface area contributed by atoms with E-state index in [1.54, 1.807) is 7.11 Å². The molecule has 0 spiro atoms. The number of methoxy groups -OCH3 is 1. The van der Waals surface area contributed by atoms with E-state index in [1.165, 1.54) is 0 Å². The van der Waals surface area contributed by atoms with Crippen molar-refractivity contribution in [3.8, 4) is 17.0 Å². The molecule has 6 nitrogen and oxygen atoms in total. The quantitative estimate of drug-likeness (QED) is 0.630. The highest BCUT2D eigenvalue weighted by atomic mass is 35.5. The molecule has 27 heavy (non-hydrogen) atoms. The first-order valence-electron chi connectivity index (χ1n) is 8.98. The molecule has 7 heteroatoms. The maximum absolute atomic E-state index is 6.14. The second-order valence-electron chi connectivity index (χ2n) is 6.36. The van der Waals surface area contributed by atoms with Gasteiger partial charge in [-0.25, -0.2) is 9.97 Å². The predicted molar refractivity (Wildman–Crippen MR) is 107 cm³/mol. The Morgan fingerprint density at radius 2 is 2.07 bits per heavy atom. The van der Waals surface area contributed by atoms with Crippen LogP contribution in [0.4, 0.5) is 5.82 Å². The summed E-state index contributed by atoms with van der Waals surface area (Å²) in [6.07, 6.45) is 2.62. The van der Waals surface area contributed by atoms with Gasteiger partial charge in [0.05, 0.1) is 37.6 Å². The second-order valence-corrected chi connectivity index (χ2v) is 6.63. The van der Waals surface area contributed by atoms with Gasteiger partial charge in [0, 0.05) is 30.5 Å². The van der Waals surface area contributed by atoms with Crippen molar-refractivity contribution in [1.29, 1.82) is 0 Å². The number of halogens is 1. The molecule has 0 unspecified atom stereocenters. The Bertz CT molecular complexity index is 951. The minimum absolute atomic E-state index is 0.351. The normalized spacial score (nSPS) is 14.7. The van der Waals surface area contributed by atoms with Gasteiger partial charge in [-0.3, -0.25) is 4.40 Å². The Labute approximate surface area is 163 Å². The van der Waals surface area contributed by atoms with Crippen molar-refractivity contribution in [3.63, 3.8) is 0 Å². The first-order chi connectivity index (χ1) is 13.2. The van der Waals surface area contributed by atoms with Gasteiger partial charge in [-0.1, -0.05) is 12.1 Å². The number of imidazole rings is 1. The molecule has 1 radical (unpaired) electrons. The first-order valence-corrected chi connectivity index (χ1v) is 9.51. The molecule has 0 aliphatic carbocycles. The number of rotatable bonds is 5. The van der Waals surface area contributed by atoms with Crippen molar-refractivity contribution in [3.05, 3.63) is 48.8 Å². The van der Waals surface area contributed by atoms with Crippen LogP contribution in [-0.4, -0.2) is 47.8 Å². The topological polar surface area (TPSA) is 51.9 Å². The second kappa shape index (κ2) is 7.74. The number of hydrogen-bond acceptors (Lipinski definition) is 5. The van der Waals surface area contributed by atoms with E-state index < -0.39 is 0 Å². The SMILES string of the molecule is [CH2]Cc1c(CCl)nc2c(N3CCOCC3)nc(-c3cccc(OC)c3)cn12. The van der Waals surface area contributed by atoms with E-state index in [9.17, 15) is 0 Å². The summed E-state index contributed by atoms with van der Waals surface area (Å²) < 4.78 is 13.0. The number of benzene rings is 1. The molecule has 0 atom stereocenters. The van der Waals surface area contributed by atoms with Gasteiger partial charge in [0.25, 0.3) is 0 Å². The molecule has 1 aromatic carbocycles. The predicted octanol–water partition coefficient (Wildman–Crippen LogP) is 3.36. The maximum Gasteiger partial charge on any atom is 0.180 e. The monoisotopic (exact) mass is 385 g/mol. The molecule has 1 saturated heterocycles. The van der Waals surface area contributed by atoms with E-state index in [4.69, 9.17) is 31.0 Å². The van der Waals surface area contributed by atoms with Gasteiger partial charge >= 0.3 is 0 Å². The van der Waals surface area contributed by atoms with Crippen molar-refractivity contribution in [2.75, 3.05) is 38.3 Å². The van der Waals surface area contributed by atoms with Crippen LogP contribution in [0.2, 0.25) is 0 Å². The summed E-state index contributed by atoms with van der Waals surface area (Å²) in [5.41, 5.74) is 4.53. The Morgan fingerprint density at radius 1 is 1.26 bits per heavy atom. The summed E-state index contributed by atoms with van der Waals surface area (Å²) in [6.45, 7) is 7.00. The fourth-order valence-electron chi connectivity index (χ4n) is 3.41. The maximum atomic E-state index is 6.14. The van der Waals surface area contributed by atoms with Crippen molar-refractivity contribution in [1.82, 2.24) is 14.4 Å². The van der Waals surface area contributed by atoms with Gasteiger partial charge in [0.2, 0.25) is 0 Å². The van der Waals surface area contributed by atoms with E-state index in [1.807, 2.05) is 30.5 Å². The van der Waals surface area contributed by atoms with Crippen LogP contribution in [0.25, 0.3) is 16.9 Å². The molecule has 141 valence electrons. The summed E-state index contributed by atoms with van der Waals surface area (Å²) in [7, 11) is 1.67. The fourth-order valence-corrected chi connectivity index (χ4v) is 3.62. The zero-order valence-electron chi connectivity index (χ0n) is 15.3. The van der Waals surface area contributed by atoms with E-state index in [0.29, 0.717) is 25.5 Å². The summed E-state index contributed by atoms with van der Waals surface area (Å²) in [6, 6.07) is 7.91. The molecule has 0 N–H and O–H groups in total. The van der Waals surface area contributed by atoms with Crippen LogP contribution in [0, 0.1) is 6.92 Å². The average Bonchev–Trinajstić information content (AvgIpc) is 3.11. The largest absolute Gasteiger partial charge is 0.497 e. The highest BCUT2D eigenvalue weighted by Gasteiger charge is 2.21.